The molecular formula is C12H18ClNO5S. The number of sulfonamides is 1. The van der Waals surface area contributed by atoms with E-state index in [9.17, 15) is 8.42 Å². The highest BCUT2D eigenvalue weighted by Gasteiger charge is 2.16. The molecule has 114 valence electrons. The Morgan fingerprint density at radius 3 is 2.05 bits per heavy atom. The lowest BCUT2D eigenvalue weighted by atomic mass is 10.2. The summed E-state index contributed by atoms with van der Waals surface area (Å²) in [5, 5.41) is 0. The zero-order chi connectivity index (χ0) is 15.2. The third-order valence-corrected chi connectivity index (χ3v) is 4.12. The Hall–Kier alpha value is -1.34. The molecule has 0 unspecified atom stereocenters. The number of alkyl halides is 1. The molecule has 0 spiro atoms. The number of nitrogens with one attached hydrogen (secondary N) is 1. The van der Waals surface area contributed by atoms with E-state index in [0.29, 0.717) is 29.4 Å². The maximum absolute atomic E-state index is 11.8. The van der Waals surface area contributed by atoms with Gasteiger partial charge in [-0.1, -0.05) is 0 Å². The Morgan fingerprint density at radius 2 is 1.65 bits per heavy atom. The molecule has 1 aromatic rings. The third-order valence-electron chi connectivity index (χ3n) is 2.48. The summed E-state index contributed by atoms with van der Waals surface area (Å²) in [5.74, 6) is 1.39. The number of hydrogen-bond donors (Lipinski definition) is 1. The summed E-state index contributed by atoms with van der Waals surface area (Å²) in [6.45, 7) is 0. The van der Waals surface area contributed by atoms with E-state index in [2.05, 4.69) is 4.72 Å². The van der Waals surface area contributed by atoms with E-state index in [1.807, 2.05) is 0 Å². The topological polar surface area (TPSA) is 73.9 Å². The lowest BCUT2D eigenvalue weighted by Crippen LogP contribution is -2.17. The van der Waals surface area contributed by atoms with Crippen LogP contribution in [0.2, 0.25) is 0 Å². The predicted molar refractivity (Wildman–Crippen MR) is 78.8 cm³/mol. The van der Waals surface area contributed by atoms with Gasteiger partial charge in [0.05, 0.1) is 32.8 Å². The quantitative estimate of drug-likeness (QED) is 0.741. The number of ether oxygens (including phenoxy) is 3. The molecule has 0 aliphatic heterocycles. The fraction of sp³-hybridized carbons (Fsp3) is 0.500. The van der Waals surface area contributed by atoms with Crippen molar-refractivity contribution in [1.82, 2.24) is 0 Å². The second kappa shape index (κ2) is 7.44. The van der Waals surface area contributed by atoms with Crippen molar-refractivity contribution in [3.8, 4) is 17.2 Å². The van der Waals surface area contributed by atoms with Crippen LogP contribution in [0.15, 0.2) is 12.1 Å². The highest BCUT2D eigenvalue weighted by Crippen LogP contribution is 2.40. The van der Waals surface area contributed by atoms with Crippen molar-refractivity contribution in [1.29, 1.82) is 0 Å². The molecule has 0 aliphatic rings. The first-order valence-corrected chi connectivity index (χ1v) is 8.02. The fourth-order valence-corrected chi connectivity index (χ4v) is 3.01. The monoisotopic (exact) mass is 323 g/mol. The van der Waals surface area contributed by atoms with Crippen LogP contribution in [-0.2, 0) is 10.0 Å². The Labute approximate surface area is 124 Å². The molecule has 8 heteroatoms. The molecule has 1 N–H and O–H groups in total. The van der Waals surface area contributed by atoms with Gasteiger partial charge in [0.25, 0.3) is 0 Å². The van der Waals surface area contributed by atoms with Crippen LogP contribution in [0.25, 0.3) is 0 Å². The van der Waals surface area contributed by atoms with Gasteiger partial charge in [-0.2, -0.15) is 0 Å². The number of rotatable bonds is 8. The van der Waals surface area contributed by atoms with Crippen LogP contribution in [0.3, 0.4) is 0 Å². The van der Waals surface area contributed by atoms with Gasteiger partial charge in [-0.05, 0) is 6.42 Å². The lowest BCUT2D eigenvalue weighted by molar-refractivity contribution is 0.325. The van der Waals surface area contributed by atoms with E-state index in [1.54, 1.807) is 0 Å². The molecule has 0 bridgehead atoms. The molecule has 0 aromatic heterocycles. The number of anilines is 1. The van der Waals surface area contributed by atoms with Gasteiger partial charge in [0.2, 0.25) is 15.8 Å². The van der Waals surface area contributed by atoms with Crippen LogP contribution in [0.1, 0.15) is 6.42 Å². The molecule has 6 nitrogen and oxygen atoms in total. The van der Waals surface area contributed by atoms with Crippen molar-refractivity contribution in [2.45, 2.75) is 6.42 Å². The number of halogens is 1. The van der Waals surface area contributed by atoms with Crippen molar-refractivity contribution < 1.29 is 22.6 Å². The van der Waals surface area contributed by atoms with Crippen LogP contribution < -0.4 is 18.9 Å². The summed E-state index contributed by atoms with van der Waals surface area (Å²) in [4.78, 5) is 0. The van der Waals surface area contributed by atoms with Gasteiger partial charge in [0, 0.05) is 18.0 Å². The molecule has 0 atom stereocenters. The van der Waals surface area contributed by atoms with Crippen molar-refractivity contribution in [3.05, 3.63) is 12.1 Å². The van der Waals surface area contributed by atoms with E-state index in [4.69, 9.17) is 25.8 Å². The maximum atomic E-state index is 11.8. The van der Waals surface area contributed by atoms with Crippen LogP contribution in [0, 0.1) is 0 Å². The first-order valence-electron chi connectivity index (χ1n) is 5.84. The van der Waals surface area contributed by atoms with Crippen LogP contribution in [-0.4, -0.2) is 41.4 Å². The minimum atomic E-state index is -3.45. The molecule has 0 saturated carbocycles. The Kier molecular flexibility index (Phi) is 6.22. The average Bonchev–Trinajstić information content (AvgIpc) is 2.43. The second-order valence-electron chi connectivity index (χ2n) is 3.88. The van der Waals surface area contributed by atoms with E-state index in [-0.39, 0.29) is 11.6 Å². The minimum Gasteiger partial charge on any atom is -0.493 e. The molecule has 0 heterocycles. The van der Waals surface area contributed by atoms with Crippen molar-refractivity contribution in [2.24, 2.45) is 0 Å². The Morgan fingerprint density at radius 1 is 1.10 bits per heavy atom. The molecular weight excluding hydrogens is 306 g/mol. The molecule has 1 aromatic carbocycles. The number of methoxy groups -OCH3 is 3. The largest absolute Gasteiger partial charge is 0.493 e. The van der Waals surface area contributed by atoms with Gasteiger partial charge in [0.1, 0.15) is 0 Å². The highest BCUT2D eigenvalue weighted by atomic mass is 35.5. The van der Waals surface area contributed by atoms with E-state index >= 15 is 0 Å². The molecule has 0 saturated heterocycles. The molecule has 1 rings (SSSR count). The van der Waals surface area contributed by atoms with Gasteiger partial charge in [-0.3, -0.25) is 4.72 Å². The number of hydrogen-bond acceptors (Lipinski definition) is 5. The molecule has 20 heavy (non-hydrogen) atoms. The Balaban J connectivity index is 3.08. The summed E-state index contributed by atoms with van der Waals surface area (Å²) in [6, 6.07) is 3.05. The number of benzene rings is 1. The molecule has 0 aliphatic carbocycles. The Bertz CT molecular complexity index is 522. The summed E-state index contributed by atoms with van der Waals surface area (Å²) < 4.78 is 41.6. The summed E-state index contributed by atoms with van der Waals surface area (Å²) in [7, 11) is 0.947. The van der Waals surface area contributed by atoms with Crippen molar-refractivity contribution >= 4 is 27.3 Å². The first-order chi connectivity index (χ1) is 9.47. The smallest absolute Gasteiger partial charge is 0.232 e. The van der Waals surface area contributed by atoms with Gasteiger partial charge in [0.15, 0.2) is 11.5 Å². The zero-order valence-corrected chi connectivity index (χ0v) is 13.2. The van der Waals surface area contributed by atoms with Crippen LogP contribution >= 0.6 is 11.6 Å². The SMILES string of the molecule is COc1cc(NS(=O)(=O)CCCCl)cc(OC)c1OC. The highest BCUT2D eigenvalue weighted by molar-refractivity contribution is 7.92. The second-order valence-corrected chi connectivity index (χ2v) is 6.10. The average molecular weight is 324 g/mol. The lowest BCUT2D eigenvalue weighted by Gasteiger charge is -2.15. The fourth-order valence-electron chi connectivity index (χ4n) is 1.62. The van der Waals surface area contributed by atoms with E-state index in [1.165, 1.54) is 33.5 Å². The summed E-state index contributed by atoms with van der Waals surface area (Å²) >= 11 is 5.50. The van der Waals surface area contributed by atoms with E-state index in [0.717, 1.165) is 0 Å². The van der Waals surface area contributed by atoms with Crippen LogP contribution in [0.4, 0.5) is 5.69 Å². The van der Waals surface area contributed by atoms with Gasteiger partial charge in [-0.25, -0.2) is 8.42 Å². The zero-order valence-electron chi connectivity index (χ0n) is 11.6. The summed E-state index contributed by atoms with van der Waals surface area (Å²) in [6.07, 6.45) is 0.376. The minimum absolute atomic E-state index is 0.0485. The van der Waals surface area contributed by atoms with E-state index < -0.39 is 10.0 Å². The predicted octanol–water partition coefficient (Wildman–Crippen LogP) is 2.08. The third kappa shape index (κ3) is 4.35. The van der Waals surface area contributed by atoms with Gasteiger partial charge >= 0.3 is 0 Å². The van der Waals surface area contributed by atoms with Crippen LogP contribution in [0.5, 0.6) is 17.2 Å². The maximum Gasteiger partial charge on any atom is 0.232 e. The first kappa shape index (κ1) is 16.7. The standard InChI is InChI=1S/C12H18ClNO5S/c1-17-10-7-9(8-11(18-2)12(10)19-3)14-20(15,16)6-4-5-13/h7-8,14H,4-6H2,1-3H3. The van der Waals surface area contributed by atoms with Crippen molar-refractivity contribution in [3.63, 3.8) is 0 Å². The van der Waals surface area contributed by atoms with Gasteiger partial charge < -0.3 is 14.2 Å². The van der Waals surface area contributed by atoms with Gasteiger partial charge in [-0.15, -0.1) is 11.6 Å². The molecule has 0 amide bonds. The molecule has 0 radical (unpaired) electrons. The normalized spacial score (nSPS) is 11.0. The van der Waals surface area contributed by atoms with Crippen molar-refractivity contribution in [2.75, 3.05) is 37.7 Å². The molecule has 0 fully saturated rings. The summed E-state index contributed by atoms with van der Waals surface area (Å²) in [5.41, 5.74) is 0.342.